The highest BCUT2D eigenvalue weighted by Gasteiger charge is 2.28. The average molecular weight is 535 g/mol. The summed E-state index contributed by atoms with van der Waals surface area (Å²) in [5.74, 6) is 0.730. The summed E-state index contributed by atoms with van der Waals surface area (Å²) in [5.41, 5.74) is 1.92. The van der Waals surface area contributed by atoms with Crippen LogP contribution >= 0.6 is 24.0 Å². The zero-order chi connectivity index (χ0) is 20.1. The lowest BCUT2D eigenvalue weighted by molar-refractivity contribution is 0.167. The molecule has 0 radical (unpaired) electrons. The van der Waals surface area contributed by atoms with Gasteiger partial charge in [-0.25, -0.2) is 8.42 Å². The first-order valence-corrected chi connectivity index (χ1v) is 11.8. The number of hydrogen-bond acceptors (Lipinski definition) is 4. The number of rotatable bonds is 6. The topological polar surface area (TPSA) is 77.0 Å². The molecule has 0 atom stereocenters. The van der Waals surface area contributed by atoms with E-state index in [1.807, 2.05) is 24.3 Å². The van der Waals surface area contributed by atoms with Crippen molar-refractivity contribution >= 4 is 45.6 Å². The second-order valence-electron chi connectivity index (χ2n) is 7.81. The minimum absolute atomic E-state index is 0. The number of halogens is 1. The molecule has 2 aliphatic rings. The van der Waals surface area contributed by atoms with Gasteiger partial charge >= 0.3 is 0 Å². The van der Waals surface area contributed by atoms with Gasteiger partial charge in [-0.15, -0.1) is 24.0 Å². The van der Waals surface area contributed by atoms with Crippen LogP contribution in [0.2, 0.25) is 0 Å². The Kier molecular flexibility index (Phi) is 9.02. The molecular weight excluding hydrogens is 501 g/mol. The van der Waals surface area contributed by atoms with Crippen LogP contribution in [0.1, 0.15) is 32.3 Å². The van der Waals surface area contributed by atoms with Gasteiger partial charge in [0.05, 0.1) is 11.4 Å². The van der Waals surface area contributed by atoms with E-state index in [2.05, 4.69) is 34.4 Å². The molecule has 1 fully saturated rings. The molecule has 0 saturated carbocycles. The SMILES string of the molecule is CN=C(NCCS(=O)(=O)N1CCc2ccccc21)NC1CCN(C(C)C)CC1.I. The number of anilines is 1. The van der Waals surface area contributed by atoms with Gasteiger partial charge in [-0.3, -0.25) is 9.30 Å². The summed E-state index contributed by atoms with van der Waals surface area (Å²) in [5, 5.41) is 6.61. The molecule has 2 heterocycles. The molecule has 1 aromatic carbocycles. The van der Waals surface area contributed by atoms with E-state index in [1.165, 1.54) is 0 Å². The van der Waals surface area contributed by atoms with Gasteiger partial charge in [-0.2, -0.15) is 0 Å². The predicted octanol–water partition coefficient (Wildman–Crippen LogP) is 2.03. The standard InChI is InChI=1S/C20H33N5O2S.HI/c1-16(2)24-12-9-18(10-13-24)23-20(21-3)22-11-15-28(26,27)25-14-8-17-6-4-5-7-19(17)25;/h4-7,16,18H,8-15H2,1-3H3,(H2,21,22,23);1H. The zero-order valence-corrected chi connectivity index (χ0v) is 20.7. The first-order chi connectivity index (χ1) is 13.4. The summed E-state index contributed by atoms with van der Waals surface area (Å²) in [6.07, 6.45) is 2.92. The Morgan fingerprint density at radius 1 is 1.21 bits per heavy atom. The Morgan fingerprint density at radius 3 is 2.55 bits per heavy atom. The van der Waals surface area contributed by atoms with Crippen LogP contribution in [-0.4, -0.2) is 70.3 Å². The first kappa shape index (κ1) is 24.2. The molecule has 0 spiro atoms. The van der Waals surface area contributed by atoms with Crippen LogP contribution < -0.4 is 14.9 Å². The highest BCUT2D eigenvalue weighted by Crippen LogP contribution is 2.29. The van der Waals surface area contributed by atoms with Crippen LogP contribution in [0.15, 0.2) is 29.3 Å². The Labute approximate surface area is 192 Å². The Morgan fingerprint density at radius 2 is 1.90 bits per heavy atom. The van der Waals surface area contributed by atoms with Crippen molar-refractivity contribution < 1.29 is 8.42 Å². The number of nitrogens with one attached hydrogen (secondary N) is 2. The van der Waals surface area contributed by atoms with Crippen molar-refractivity contribution in [3.8, 4) is 0 Å². The van der Waals surface area contributed by atoms with Gasteiger partial charge in [0, 0.05) is 45.3 Å². The number of piperidine rings is 1. The molecule has 0 amide bonds. The van der Waals surface area contributed by atoms with E-state index in [1.54, 1.807) is 11.4 Å². The summed E-state index contributed by atoms with van der Waals surface area (Å²) in [7, 11) is -1.62. The Balaban J connectivity index is 0.00000300. The lowest BCUT2D eigenvalue weighted by Crippen LogP contribution is -2.50. The molecule has 7 nitrogen and oxygen atoms in total. The monoisotopic (exact) mass is 535 g/mol. The largest absolute Gasteiger partial charge is 0.355 e. The minimum atomic E-state index is -3.35. The number of aliphatic imine (C=N–C) groups is 1. The second kappa shape index (κ2) is 10.8. The molecule has 0 bridgehead atoms. The second-order valence-corrected chi connectivity index (χ2v) is 9.83. The number of sulfonamides is 1. The molecular formula is C20H34IN5O2S. The third kappa shape index (κ3) is 6.21. The van der Waals surface area contributed by atoms with Gasteiger partial charge in [-0.05, 0) is 44.7 Å². The zero-order valence-electron chi connectivity index (χ0n) is 17.6. The molecule has 0 aliphatic carbocycles. The average Bonchev–Trinajstić information content (AvgIpc) is 3.12. The molecule has 1 saturated heterocycles. The minimum Gasteiger partial charge on any atom is -0.355 e. The summed E-state index contributed by atoms with van der Waals surface area (Å²) >= 11 is 0. The summed E-state index contributed by atoms with van der Waals surface area (Å²) < 4.78 is 27.1. The van der Waals surface area contributed by atoms with E-state index >= 15 is 0 Å². The first-order valence-electron chi connectivity index (χ1n) is 10.2. The number of benzene rings is 1. The normalized spacial score (nSPS) is 18.5. The third-order valence-corrected chi connectivity index (χ3v) is 7.43. The van der Waals surface area contributed by atoms with Gasteiger partial charge in [0.15, 0.2) is 5.96 Å². The van der Waals surface area contributed by atoms with E-state index in [9.17, 15) is 8.42 Å². The fraction of sp³-hybridized carbons (Fsp3) is 0.650. The predicted molar refractivity (Wildman–Crippen MR) is 131 cm³/mol. The van der Waals surface area contributed by atoms with Crippen LogP contribution in [0.5, 0.6) is 0 Å². The summed E-state index contributed by atoms with van der Waals surface area (Å²) in [6.45, 7) is 7.49. The number of fused-ring (bicyclic) bond motifs is 1. The van der Waals surface area contributed by atoms with Crippen molar-refractivity contribution in [2.75, 3.05) is 43.3 Å². The number of likely N-dealkylation sites (tertiary alicyclic amines) is 1. The van der Waals surface area contributed by atoms with Crippen molar-refractivity contribution in [1.82, 2.24) is 15.5 Å². The van der Waals surface area contributed by atoms with Gasteiger partial charge in [0.2, 0.25) is 10.0 Å². The van der Waals surface area contributed by atoms with Crippen LogP contribution in [-0.2, 0) is 16.4 Å². The lowest BCUT2D eigenvalue weighted by Gasteiger charge is -2.35. The smallest absolute Gasteiger partial charge is 0.236 e. The number of nitrogens with zero attached hydrogens (tertiary/aromatic N) is 3. The van der Waals surface area contributed by atoms with E-state index in [0.29, 0.717) is 31.1 Å². The molecule has 3 rings (SSSR count). The maximum absolute atomic E-state index is 12.8. The van der Waals surface area contributed by atoms with Crippen molar-refractivity contribution in [1.29, 1.82) is 0 Å². The molecule has 29 heavy (non-hydrogen) atoms. The molecule has 2 aliphatic heterocycles. The van der Waals surface area contributed by atoms with Crippen LogP contribution in [0.4, 0.5) is 5.69 Å². The molecule has 2 N–H and O–H groups in total. The molecule has 164 valence electrons. The number of guanidine groups is 1. The summed E-state index contributed by atoms with van der Waals surface area (Å²) in [6, 6.07) is 8.69. The van der Waals surface area contributed by atoms with E-state index in [0.717, 1.165) is 43.6 Å². The van der Waals surface area contributed by atoms with Crippen molar-refractivity contribution in [3.05, 3.63) is 29.8 Å². The van der Waals surface area contributed by atoms with Crippen LogP contribution in [0, 0.1) is 0 Å². The lowest BCUT2D eigenvalue weighted by atomic mass is 10.0. The third-order valence-electron chi connectivity index (χ3n) is 5.66. The van der Waals surface area contributed by atoms with Gasteiger partial charge in [0.25, 0.3) is 0 Å². The highest BCUT2D eigenvalue weighted by molar-refractivity contribution is 14.0. The van der Waals surface area contributed by atoms with E-state index in [-0.39, 0.29) is 29.7 Å². The summed E-state index contributed by atoms with van der Waals surface area (Å²) in [4.78, 5) is 6.74. The molecule has 1 aromatic rings. The van der Waals surface area contributed by atoms with Gasteiger partial charge < -0.3 is 15.5 Å². The van der Waals surface area contributed by atoms with Gasteiger partial charge in [-0.1, -0.05) is 18.2 Å². The van der Waals surface area contributed by atoms with Crippen molar-refractivity contribution in [2.45, 2.75) is 45.2 Å². The molecule has 9 heteroatoms. The number of para-hydroxylation sites is 1. The highest BCUT2D eigenvalue weighted by atomic mass is 127. The molecule has 0 unspecified atom stereocenters. The maximum Gasteiger partial charge on any atom is 0.236 e. The van der Waals surface area contributed by atoms with Crippen molar-refractivity contribution in [3.63, 3.8) is 0 Å². The van der Waals surface area contributed by atoms with Crippen LogP contribution in [0.3, 0.4) is 0 Å². The fourth-order valence-electron chi connectivity index (χ4n) is 3.95. The van der Waals surface area contributed by atoms with Crippen molar-refractivity contribution in [2.24, 2.45) is 4.99 Å². The van der Waals surface area contributed by atoms with E-state index in [4.69, 9.17) is 0 Å². The number of hydrogen-bond donors (Lipinski definition) is 2. The van der Waals surface area contributed by atoms with E-state index < -0.39 is 10.0 Å². The fourth-order valence-corrected chi connectivity index (χ4v) is 5.38. The van der Waals surface area contributed by atoms with Gasteiger partial charge in [0.1, 0.15) is 0 Å². The van der Waals surface area contributed by atoms with Crippen LogP contribution in [0.25, 0.3) is 0 Å². The molecule has 0 aromatic heterocycles. The maximum atomic E-state index is 12.8. The Hall–Kier alpha value is -1.07. The quantitative estimate of drug-likeness (QED) is 0.331. The Bertz CT molecular complexity index is 792.